The number of nitro groups is 3. The lowest BCUT2D eigenvalue weighted by molar-refractivity contribution is -0.483. The molecule has 1 amide bonds. The van der Waals surface area contributed by atoms with Gasteiger partial charge in [-0.2, -0.15) is 0 Å². The van der Waals surface area contributed by atoms with Crippen LogP contribution in [0.15, 0.2) is 18.2 Å². The lowest BCUT2D eigenvalue weighted by Crippen LogP contribution is -2.36. The Balaban J connectivity index is 3.48. The van der Waals surface area contributed by atoms with Crippen LogP contribution >= 0.6 is 0 Å². The summed E-state index contributed by atoms with van der Waals surface area (Å²) in [6, 6.07) is 1.90. The van der Waals surface area contributed by atoms with Gasteiger partial charge in [0.1, 0.15) is 5.69 Å². The summed E-state index contributed by atoms with van der Waals surface area (Å²) in [7, 11) is 0.852. The summed E-state index contributed by atoms with van der Waals surface area (Å²) < 4.78 is 4.13. The molecule has 0 spiro atoms. The van der Waals surface area contributed by atoms with E-state index in [1.807, 2.05) is 0 Å². The molecule has 0 bridgehead atoms. The largest absolute Gasteiger partial charge is 0.472 e. The fraction of sp³-hybridized carbons (Fsp3) is 0.125. The molecule has 0 heterocycles. The van der Waals surface area contributed by atoms with Crippen molar-refractivity contribution in [3.8, 4) is 0 Å². The Labute approximate surface area is 109 Å². The van der Waals surface area contributed by atoms with Crippen molar-refractivity contribution < 1.29 is 24.4 Å². The summed E-state index contributed by atoms with van der Waals surface area (Å²) in [6.07, 6.45) is -1.45. The van der Waals surface area contributed by atoms with E-state index in [9.17, 15) is 35.1 Å². The highest BCUT2D eigenvalue weighted by Crippen LogP contribution is 2.28. The number of hydrazine groups is 1. The zero-order chi connectivity index (χ0) is 15.4. The summed E-state index contributed by atoms with van der Waals surface area (Å²) in [5.74, 6) is 0. The van der Waals surface area contributed by atoms with Gasteiger partial charge < -0.3 is 4.74 Å². The third-order valence-electron chi connectivity index (χ3n) is 2.06. The fourth-order valence-corrected chi connectivity index (χ4v) is 1.27. The molecule has 1 rings (SSSR count). The predicted molar refractivity (Wildman–Crippen MR) is 61.6 cm³/mol. The molecule has 0 N–H and O–H groups in total. The monoisotopic (exact) mass is 286 g/mol. The van der Waals surface area contributed by atoms with Crippen molar-refractivity contribution in [3.05, 3.63) is 48.5 Å². The van der Waals surface area contributed by atoms with Crippen LogP contribution in [-0.2, 0) is 4.74 Å². The molecule has 20 heavy (non-hydrogen) atoms. The maximum absolute atomic E-state index is 11.2. The molecule has 106 valence electrons. The third-order valence-corrected chi connectivity index (χ3v) is 2.06. The van der Waals surface area contributed by atoms with Gasteiger partial charge in [-0.15, -0.1) is 0 Å². The molecule has 12 nitrogen and oxygen atoms in total. The number of anilines is 1. The zero-order valence-electron chi connectivity index (χ0n) is 9.79. The summed E-state index contributed by atoms with van der Waals surface area (Å²) in [6.45, 7) is 0. The molecule has 12 heteroatoms. The highest BCUT2D eigenvalue weighted by atomic mass is 16.7. The number of hydrogen-bond donors (Lipinski definition) is 0. The van der Waals surface area contributed by atoms with Crippen molar-refractivity contribution in [2.75, 3.05) is 12.1 Å². The van der Waals surface area contributed by atoms with Crippen LogP contribution in [0.2, 0.25) is 0 Å². The number of methoxy groups -OCH3 is 1. The summed E-state index contributed by atoms with van der Waals surface area (Å²) in [5, 5.41) is 30.6. The minimum atomic E-state index is -1.45. The van der Waals surface area contributed by atoms with E-state index in [0.29, 0.717) is 18.2 Å². The van der Waals surface area contributed by atoms with E-state index >= 15 is 0 Å². The predicted octanol–water partition coefficient (Wildman–Crippen LogP) is 1.27. The van der Waals surface area contributed by atoms with Gasteiger partial charge in [0.25, 0.3) is 11.4 Å². The van der Waals surface area contributed by atoms with Crippen molar-refractivity contribution in [1.82, 2.24) is 0 Å². The minimum Gasteiger partial charge on any atom is -0.449 e. The number of hydrogen-bond acceptors (Lipinski definition) is 8. The van der Waals surface area contributed by atoms with E-state index in [1.54, 1.807) is 0 Å². The number of benzene rings is 1. The first-order chi connectivity index (χ1) is 9.27. The van der Waals surface area contributed by atoms with Crippen LogP contribution in [0.25, 0.3) is 0 Å². The van der Waals surface area contributed by atoms with E-state index in [2.05, 4.69) is 4.74 Å². The van der Waals surface area contributed by atoms with Gasteiger partial charge in [0.05, 0.1) is 23.0 Å². The Morgan fingerprint density at radius 1 is 1.05 bits per heavy atom. The number of nitro benzene ring substituents is 2. The van der Waals surface area contributed by atoms with Crippen LogP contribution in [0.1, 0.15) is 0 Å². The van der Waals surface area contributed by atoms with Crippen LogP contribution in [0.4, 0.5) is 21.9 Å². The Bertz CT molecular complexity index is 568. The molecule has 0 fully saturated rings. The molecular formula is C8H6N4O8. The standard InChI is InChI=1S/C8H6N4O8/c1-20-8(13)9(12(18)19)5-2-6(10(14)15)4-7(3-5)11(16)17/h2-4H,1H3. The second-order valence-electron chi connectivity index (χ2n) is 3.24. The average molecular weight is 286 g/mol. The number of amides is 1. The van der Waals surface area contributed by atoms with E-state index in [4.69, 9.17) is 0 Å². The lowest BCUT2D eigenvalue weighted by atomic mass is 10.2. The van der Waals surface area contributed by atoms with Gasteiger partial charge in [0.2, 0.25) is 0 Å². The number of carbonyl (C=O) groups is 1. The number of rotatable bonds is 4. The first kappa shape index (κ1) is 14.7. The van der Waals surface area contributed by atoms with Gasteiger partial charge in [-0.1, -0.05) is 0 Å². The maximum atomic E-state index is 11.2. The van der Waals surface area contributed by atoms with Crippen molar-refractivity contribution >= 4 is 23.2 Å². The molecule has 0 saturated heterocycles. The van der Waals surface area contributed by atoms with Crippen LogP contribution in [0.5, 0.6) is 0 Å². The second-order valence-corrected chi connectivity index (χ2v) is 3.24. The molecule has 0 aromatic heterocycles. The smallest absolute Gasteiger partial charge is 0.449 e. The fourth-order valence-electron chi connectivity index (χ4n) is 1.27. The lowest BCUT2D eigenvalue weighted by Gasteiger charge is -2.10. The molecule has 0 radical (unpaired) electrons. The Kier molecular flexibility index (Phi) is 4.10. The van der Waals surface area contributed by atoms with Crippen molar-refractivity contribution in [2.45, 2.75) is 0 Å². The first-order valence-corrected chi connectivity index (χ1v) is 4.74. The Morgan fingerprint density at radius 2 is 1.50 bits per heavy atom. The van der Waals surface area contributed by atoms with E-state index in [-0.39, 0.29) is 5.01 Å². The Morgan fingerprint density at radius 3 is 1.80 bits per heavy atom. The van der Waals surface area contributed by atoms with Gasteiger partial charge in [-0.05, 0) is 0 Å². The van der Waals surface area contributed by atoms with Gasteiger partial charge in [-0.25, -0.2) is 14.9 Å². The third kappa shape index (κ3) is 2.92. The van der Waals surface area contributed by atoms with Gasteiger partial charge >= 0.3 is 6.09 Å². The highest BCUT2D eigenvalue weighted by molar-refractivity contribution is 5.86. The van der Waals surface area contributed by atoms with Crippen LogP contribution < -0.4 is 5.01 Å². The quantitative estimate of drug-likeness (QED) is 0.590. The van der Waals surface area contributed by atoms with Crippen LogP contribution in [-0.4, -0.2) is 28.1 Å². The number of ether oxygens (including phenoxy) is 1. The van der Waals surface area contributed by atoms with E-state index < -0.39 is 38.0 Å². The van der Waals surface area contributed by atoms with Gasteiger partial charge in [-0.3, -0.25) is 20.2 Å². The van der Waals surface area contributed by atoms with Gasteiger partial charge in [0, 0.05) is 17.1 Å². The molecule has 1 aromatic carbocycles. The van der Waals surface area contributed by atoms with E-state index in [0.717, 1.165) is 7.11 Å². The number of non-ortho nitro benzene ring substituents is 2. The molecule has 0 unspecified atom stereocenters. The molecule has 0 aliphatic heterocycles. The molecule has 0 aliphatic carbocycles. The summed E-state index contributed by atoms with van der Waals surface area (Å²) >= 11 is 0. The maximum Gasteiger partial charge on any atom is 0.472 e. The first-order valence-electron chi connectivity index (χ1n) is 4.74. The van der Waals surface area contributed by atoms with Crippen molar-refractivity contribution in [3.63, 3.8) is 0 Å². The SMILES string of the molecule is COC(=O)N(c1cc([N+](=O)[O-])cc([N+](=O)[O-])c1)[N+](=O)[O-]. The Hall–Kier alpha value is -3.31. The molecule has 1 aromatic rings. The van der Waals surface area contributed by atoms with E-state index in [1.165, 1.54) is 0 Å². The summed E-state index contributed by atoms with van der Waals surface area (Å²) in [5.41, 5.74) is -2.21. The van der Waals surface area contributed by atoms with Gasteiger partial charge in [0.15, 0.2) is 5.03 Å². The highest BCUT2D eigenvalue weighted by Gasteiger charge is 2.31. The normalized spacial score (nSPS) is 9.65. The number of carbonyl (C=O) groups excluding carboxylic acids is 1. The van der Waals surface area contributed by atoms with Crippen molar-refractivity contribution in [2.24, 2.45) is 0 Å². The minimum absolute atomic E-state index is 0.181. The molecule has 0 saturated carbocycles. The average Bonchev–Trinajstić information content (AvgIpc) is 2.37. The summed E-state index contributed by atoms with van der Waals surface area (Å²) in [4.78, 5) is 41.3. The second kappa shape index (κ2) is 5.55. The topological polar surface area (TPSA) is 159 Å². The number of nitrogens with zero attached hydrogens (tertiary/aromatic N) is 4. The molecule has 0 aliphatic rings. The molecular weight excluding hydrogens is 280 g/mol. The molecule has 0 atom stereocenters. The van der Waals surface area contributed by atoms with Crippen molar-refractivity contribution in [1.29, 1.82) is 0 Å². The van der Waals surface area contributed by atoms with Crippen LogP contribution in [0, 0.1) is 30.3 Å². The van der Waals surface area contributed by atoms with Crippen LogP contribution in [0.3, 0.4) is 0 Å². The zero-order valence-corrected chi connectivity index (χ0v) is 9.79.